The lowest BCUT2D eigenvalue weighted by molar-refractivity contribution is -0.120. The first kappa shape index (κ1) is 14.5. The highest BCUT2D eigenvalue weighted by Crippen LogP contribution is 2.36. The van der Waals surface area contributed by atoms with E-state index in [-0.39, 0.29) is 18.6 Å². The molecule has 0 spiro atoms. The Balaban J connectivity index is 1.47. The van der Waals surface area contributed by atoms with Gasteiger partial charge in [0.05, 0.1) is 5.69 Å². The molecule has 1 aliphatic carbocycles. The molecule has 6 heteroatoms. The van der Waals surface area contributed by atoms with E-state index in [1.54, 1.807) is 0 Å². The summed E-state index contributed by atoms with van der Waals surface area (Å²) in [6, 6.07) is 5.76. The van der Waals surface area contributed by atoms with E-state index in [1.165, 1.54) is 17.8 Å². The molecule has 0 atom stereocenters. The number of amides is 1. The van der Waals surface area contributed by atoms with Crippen molar-refractivity contribution in [3.05, 3.63) is 23.6 Å². The van der Waals surface area contributed by atoms with Crippen molar-refractivity contribution in [1.82, 2.24) is 4.98 Å². The highest BCUT2D eigenvalue weighted by atomic mass is 32.1. The predicted octanol–water partition coefficient (Wildman–Crippen LogP) is 4.06. The fourth-order valence-electron chi connectivity index (χ4n) is 3.09. The standard InChI is InChI=1S/C17H18N2O3S/c20-16(11-4-2-1-3-5-11)19-17-18-13(9-23-17)12-6-7-14-15(8-12)22-10-21-14/h6-9,11H,1-5,10H2,(H,18,19,20). The number of aromatic nitrogens is 1. The zero-order valence-corrected chi connectivity index (χ0v) is 13.5. The Kier molecular flexibility index (Phi) is 3.91. The van der Waals surface area contributed by atoms with Crippen LogP contribution in [0, 0.1) is 5.92 Å². The second-order valence-corrected chi connectivity index (χ2v) is 6.79. The number of anilines is 1. The van der Waals surface area contributed by atoms with Crippen molar-refractivity contribution in [3.63, 3.8) is 0 Å². The van der Waals surface area contributed by atoms with Gasteiger partial charge in [-0.1, -0.05) is 19.3 Å². The first-order valence-electron chi connectivity index (χ1n) is 7.96. The number of thiazole rings is 1. The van der Waals surface area contributed by atoms with Gasteiger partial charge in [0.15, 0.2) is 16.6 Å². The Morgan fingerprint density at radius 1 is 1.17 bits per heavy atom. The zero-order valence-electron chi connectivity index (χ0n) is 12.7. The Morgan fingerprint density at radius 2 is 2.00 bits per heavy atom. The molecule has 4 rings (SSSR count). The molecule has 1 N–H and O–H groups in total. The summed E-state index contributed by atoms with van der Waals surface area (Å²) in [7, 11) is 0. The van der Waals surface area contributed by atoms with Crippen LogP contribution >= 0.6 is 11.3 Å². The number of hydrogen-bond donors (Lipinski definition) is 1. The molecule has 1 aromatic carbocycles. The Morgan fingerprint density at radius 3 is 2.87 bits per heavy atom. The van der Waals surface area contributed by atoms with E-state index in [0.717, 1.165) is 48.4 Å². The van der Waals surface area contributed by atoms with Crippen LogP contribution in [0.15, 0.2) is 23.6 Å². The van der Waals surface area contributed by atoms with Crippen LogP contribution in [0.4, 0.5) is 5.13 Å². The summed E-state index contributed by atoms with van der Waals surface area (Å²) in [5.74, 6) is 1.75. The third-order valence-corrected chi connectivity index (χ3v) is 5.14. The molecule has 0 unspecified atom stereocenters. The van der Waals surface area contributed by atoms with Gasteiger partial charge in [-0.2, -0.15) is 0 Å². The Labute approximate surface area is 138 Å². The minimum absolute atomic E-state index is 0.108. The van der Waals surface area contributed by atoms with E-state index in [9.17, 15) is 4.79 Å². The number of hydrogen-bond acceptors (Lipinski definition) is 5. The topological polar surface area (TPSA) is 60.5 Å². The van der Waals surface area contributed by atoms with Crippen LogP contribution in [0.3, 0.4) is 0 Å². The lowest BCUT2D eigenvalue weighted by Crippen LogP contribution is -2.24. The number of nitrogens with zero attached hydrogens (tertiary/aromatic N) is 1. The quantitative estimate of drug-likeness (QED) is 0.922. The fourth-order valence-corrected chi connectivity index (χ4v) is 3.81. The van der Waals surface area contributed by atoms with E-state index < -0.39 is 0 Å². The van der Waals surface area contributed by atoms with Crippen molar-refractivity contribution < 1.29 is 14.3 Å². The molecular formula is C17H18N2O3S. The lowest BCUT2D eigenvalue weighted by Gasteiger charge is -2.19. The maximum atomic E-state index is 12.3. The summed E-state index contributed by atoms with van der Waals surface area (Å²) < 4.78 is 10.7. The number of fused-ring (bicyclic) bond motifs is 1. The Bertz CT molecular complexity index is 722. The molecule has 1 amide bonds. The number of ether oxygens (including phenoxy) is 2. The minimum atomic E-state index is 0.108. The summed E-state index contributed by atoms with van der Waals surface area (Å²) >= 11 is 1.45. The molecule has 1 aromatic heterocycles. The van der Waals surface area contributed by atoms with Gasteiger partial charge < -0.3 is 14.8 Å². The van der Waals surface area contributed by atoms with E-state index >= 15 is 0 Å². The van der Waals surface area contributed by atoms with Gasteiger partial charge in [0.1, 0.15) is 0 Å². The van der Waals surface area contributed by atoms with Crippen LogP contribution in [-0.2, 0) is 4.79 Å². The molecule has 2 aromatic rings. The number of benzene rings is 1. The smallest absolute Gasteiger partial charge is 0.231 e. The average molecular weight is 330 g/mol. The fraction of sp³-hybridized carbons (Fsp3) is 0.412. The highest BCUT2D eigenvalue weighted by molar-refractivity contribution is 7.14. The van der Waals surface area contributed by atoms with Gasteiger partial charge in [0.25, 0.3) is 0 Å². The maximum Gasteiger partial charge on any atom is 0.231 e. The van der Waals surface area contributed by atoms with Crippen molar-refractivity contribution >= 4 is 22.4 Å². The number of carbonyl (C=O) groups is 1. The average Bonchev–Trinajstić information content (AvgIpc) is 3.23. The summed E-state index contributed by atoms with van der Waals surface area (Å²) in [4.78, 5) is 16.8. The first-order chi connectivity index (χ1) is 11.3. The van der Waals surface area contributed by atoms with E-state index in [4.69, 9.17) is 9.47 Å². The van der Waals surface area contributed by atoms with Crippen molar-refractivity contribution in [3.8, 4) is 22.8 Å². The van der Waals surface area contributed by atoms with Gasteiger partial charge >= 0.3 is 0 Å². The number of rotatable bonds is 3. The molecule has 5 nitrogen and oxygen atoms in total. The van der Waals surface area contributed by atoms with Crippen LogP contribution in [0.25, 0.3) is 11.3 Å². The highest BCUT2D eigenvalue weighted by Gasteiger charge is 2.22. The molecule has 2 heterocycles. The molecule has 2 aliphatic rings. The monoisotopic (exact) mass is 330 g/mol. The van der Waals surface area contributed by atoms with Gasteiger partial charge in [-0.3, -0.25) is 4.79 Å². The third kappa shape index (κ3) is 3.03. The Hall–Kier alpha value is -2.08. The summed E-state index contributed by atoms with van der Waals surface area (Å²) in [5, 5.41) is 5.58. The van der Waals surface area contributed by atoms with Crippen molar-refractivity contribution in [2.45, 2.75) is 32.1 Å². The van der Waals surface area contributed by atoms with Gasteiger partial charge in [-0.25, -0.2) is 4.98 Å². The van der Waals surface area contributed by atoms with Crippen LogP contribution in [0.1, 0.15) is 32.1 Å². The van der Waals surface area contributed by atoms with E-state index in [1.807, 2.05) is 23.6 Å². The first-order valence-corrected chi connectivity index (χ1v) is 8.84. The zero-order chi connectivity index (χ0) is 15.6. The minimum Gasteiger partial charge on any atom is -0.454 e. The molecule has 120 valence electrons. The summed E-state index contributed by atoms with van der Waals surface area (Å²) in [5.41, 5.74) is 1.80. The molecular weight excluding hydrogens is 312 g/mol. The van der Waals surface area contributed by atoms with Crippen molar-refractivity contribution in [2.75, 3.05) is 12.1 Å². The molecule has 0 saturated heterocycles. The second kappa shape index (κ2) is 6.20. The van der Waals surface area contributed by atoms with E-state index in [0.29, 0.717) is 5.13 Å². The van der Waals surface area contributed by atoms with Gasteiger partial charge in [0.2, 0.25) is 12.7 Å². The lowest BCUT2D eigenvalue weighted by atomic mass is 9.89. The van der Waals surface area contributed by atoms with Gasteiger partial charge in [0, 0.05) is 16.9 Å². The normalized spacial score (nSPS) is 17.2. The second-order valence-electron chi connectivity index (χ2n) is 5.93. The van der Waals surface area contributed by atoms with Crippen molar-refractivity contribution in [2.24, 2.45) is 5.92 Å². The van der Waals surface area contributed by atoms with Crippen LogP contribution < -0.4 is 14.8 Å². The maximum absolute atomic E-state index is 12.3. The molecule has 1 aliphatic heterocycles. The molecule has 0 radical (unpaired) electrons. The van der Waals surface area contributed by atoms with Gasteiger partial charge in [-0.05, 0) is 31.0 Å². The largest absolute Gasteiger partial charge is 0.454 e. The number of carbonyl (C=O) groups excluding carboxylic acids is 1. The molecule has 0 bridgehead atoms. The molecule has 1 saturated carbocycles. The number of nitrogens with one attached hydrogen (secondary N) is 1. The summed E-state index contributed by atoms with van der Waals surface area (Å²) in [6.45, 7) is 0.262. The predicted molar refractivity (Wildman–Crippen MR) is 88.9 cm³/mol. The van der Waals surface area contributed by atoms with Crippen LogP contribution in [0.5, 0.6) is 11.5 Å². The SMILES string of the molecule is O=C(Nc1nc(-c2ccc3c(c2)OCO3)cs1)C1CCCCC1. The van der Waals surface area contributed by atoms with Crippen LogP contribution in [0.2, 0.25) is 0 Å². The van der Waals surface area contributed by atoms with Crippen LogP contribution in [-0.4, -0.2) is 17.7 Å². The molecule has 23 heavy (non-hydrogen) atoms. The van der Waals surface area contributed by atoms with E-state index in [2.05, 4.69) is 10.3 Å². The summed E-state index contributed by atoms with van der Waals surface area (Å²) in [6.07, 6.45) is 5.53. The van der Waals surface area contributed by atoms with Crippen molar-refractivity contribution in [1.29, 1.82) is 0 Å². The van der Waals surface area contributed by atoms with Gasteiger partial charge in [-0.15, -0.1) is 11.3 Å². The molecule has 1 fully saturated rings. The third-order valence-electron chi connectivity index (χ3n) is 4.38.